The van der Waals surface area contributed by atoms with Gasteiger partial charge in [-0.2, -0.15) is 0 Å². The van der Waals surface area contributed by atoms with Crippen LogP contribution in [0.2, 0.25) is 4.34 Å². The second-order valence-corrected chi connectivity index (χ2v) is 6.55. The Bertz CT molecular complexity index is 622. The molecular formula is C15H14ClNOS. The zero-order valence-electron chi connectivity index (χ0n) is 10.6. The maximum Gasteiger partial charge on any atom is 0.192 e. The minimum absolute atomic E-state index is 0.139. The number of rotatable bonds is 3. The molecule has 0 saturated heterocycles. The number of anilines is 1. The van der Waals surface area contributed by atoms with E-state index >= 15 is 0 Å². The lowest BCUT2D eigenvalue weighted by molar-refractivity contribution is 0.100. The number of nitrogens with zero attached hydrogens (tertiary/aromatic N) is 1. The molecule has 2 aromatic rings. The van der Waals surface area contributed by atoms with Crippen molar-refractivity contribution < 1.29 is 4.79 Å². The highest BCUT2D eigenvalue weighted by molar-refractivity contribution is 7.18. The summed E-state index contributed by atoms with van der Waals surface area (Å²) in [7, 11) is 0. The quantitative estimate of drug-likeness (QED) is 0.796. The number of hydrogen-bond donors (Lipinski definition) is 0. The Hall–Kier alpha value is -1.32. The minimum atomic E-state index is 0.139. The third-order valence-electron chi connectivity index (χ3n) is 3.51. The van der Waals surface area contributed by atoms with Gasteiger partial charge in [0.15, 0.2) is 5.78 Å². The van der Waals surface area contributed by atoms with E-state index in [1.165, 1.54) is 22.6 Å². The molecular weight excluding hydrogens is 278 g/mol. The predicted octanol–water partition coefficient (Wildman–Crippen LogP) is 4.04. The highest BCUT2D eigenvalue weighted by Gasteiger charge is 2.27. The van der Waals surface area contributed by atoms with Gasteiger partial charge in [0, 0.05) is 11.7 Å². The van der Waals surface area contributed by atoms with Crippen LogP contribution in [0.15, 0.2) is 36.4 Å². The van der Waals surface area contributed by atoms with Crippen LogP contribution >= 0.6 is 22.9 Å². The molecule has 0 aliphatic carbocycles. The number of ketones is 1. The highest BCUT2D eigenvalue weighted by Crippen LogP contribution is 2.32. The molecule has 2 heterocycles. The zero-order valence-corrected chi connectivity index (χ0v) is 12.2. The Balaban J connectivity index is 1.82. The van der Waals surface area contributed by atoms with E-state index in [4.69, 9.17) is 11.6 Å². The zero-order chi connectivity index (χ0) is 13.4. The normalized spacial score (nSPS) is 17.6. The van der Waals surface area contributed by atoms with E-state index in [0.717, 1.165) is 11.3 Å². The summed E-state index contributed by atoms with van der Waals surface area (Å²) in [5, 5.41) is 0. The molecule has 4 heteroatoms. The number of carbonyl (C=O) groups is 1. The molecule has 3 rings (SSSR count). The van der Waals surface area contributed by atoms with E-state index in [-0.39, 0.29) is 5.78 Å². The second kappa shape index (κ2) is 4.99. The minimum Gasteiger partial charge on any atom is -0.361 e. The fourth-order valence-electron chi connectivity index (χ4n) is 2.57. The Morgan fingerprint density at radius 1 is 1.37 bits per heavy atom. The van der Waals surface area contributed by atoms with Gasteiger partial charge in [0.1, 0.15) is 0 Å². The molecule has 19 heavy (non-hydrogen) atoms. The van der Waals surface area contributed by atoms with Crippen molar-refractivity contribution in [2.75, 3.05) is 11.4 Å². The summed E-state index contributed by atoms with van der Waals surface area (Å²) >= 11 is 7.23. The van der Waals surface area contributed by atoms with Gasteiger partial charge in [-0.3, -0.25) is 4.79 Å². The van der Waals surface area contributed by atoms with Crippen molar-refractivity contribution in [3.8, 4) is 0 Å². The number of hydrogen-bond acceptors (Lipinski definition) is 3. The van der Waals surface area contributed by atoms with Crippen molar-refractivity contribution in [1.82, 2.24) is 0 Å². The van der Waals surface area contributed by atoms with Crippen LogP contribution < -0.4 is 4.90 Å². The number of thiophene rings is 1. The fourth-order valence-corrected chi connectivity index (χ4v) is 3.54. The summed E-state index contributed by atoms with van der Waals surface area (Å²) in [6.07, 6.45) is 1.01. The third kappa shape index (κ3) is 2.40. The van der Waals surface area contributed by atoms with Crippen molar-refractivity contribution in [3.63, 3.8) is 0 Å². The second-order valence-electron chi connectivity index (χ2n) is 4.84. The van der Waals surface area contributed by atoms with Crippen LogP contribution in [0, 0.1) is 0 Å². The molecule has 1 unspecified atom stereocenters. The third-order valence-corrected chi connectivity index (χ3v) is 4.78. The Labute approximate surface area is 121 Å². The first-order valence-electron chi connectivity index (χ1n) is 6.28. The lowest BCUT2D eigenvalue weighted by Gasteiger charge is -2.23. The highest BCUT2D eigenvalue weighted by atomic mass is 35.5. The van der Waals surface area contributed by atoms with Crippen molar-refractivity contribution in [1.29, 1.82) is 0 Å². The number of Topliss-reactive ketones (excluding diaryl/α,β-unsaturated/α-hetero) is 1. The lowest BCUT2D eigenvalue weighted by Crippen LogP contribution is -2.34. The molecule has 0 bridgehead atoms. The van der Waals surface area contributed by atoms with Crippen LogP contribution in [-0.4, -0.2) is 18.4 Å². The summed E-state index contributed by atoms with van der Waals surface area (Å²) in [6, 6.07) is 12.3. The Morgan fingerprint density at radius 2 is 2.16 bits per heavy atom. The van der Waals surface area contributed by atoms with Gasteiger partial charge in [-0.1, -0.05) is 29.8 Å². The summed E-state index contributed by atoms with van der Waals surface area (Å²) < 4.78 is 0.665. The van der Waals surface area contributed by atoms with Gasteiger partial charge in [0.2, 0.25) is 0 Å². The summed E-state index contributed by atoms with van der Waals surface area (Å²) in [5.41, 5.74) is 2.51. The fraction of sp³-hybridized carbons (Fsp3) is 0.267. The SMILES string of the molecule is CC1Cc2ccccc2N1CC(=O)c1ccc(Cl)s1. The van der Waals surface area contributed by atoms with Crippen molar-refractivity contribution in [2.45, 2.75) is 19.4 Å². The molecule has 2 nitrogen and oxygen atoms in total. The first-order chi connectivity index (χ1) is 9.15. The monoisotopic (exact) mass is 291 g/mol. The molecule has 0 saturated carbocycles. The van der Waals surface area contributed by atoms with Gasteiger partial charge in [-0.15, -0.1) is 11.3 Å². The molecule has 0 N–H and O–H groups in total. The molecule has 0 radical (unpaired) electrons. The number of para-hydroxylation sites is 1. The molecule has 1 aromatic carbocycles. The topological polar surface area (TPSA) is 20.3 Å². The number of halogens is 1. The van der Waals surface area contributed by atoms with E-state index in [9.17, 15) is 4.79 Å². The van der Waals surface area contributed by atoms with Crippen molar-refractivity contribution in [2.24, 2.45) is 0 Å². The average Bonchev–Trinajstić information content (AvgIpc) is 2.95. The maximum atomic E-state index is 12.3. The molecule has 0 amide bonds. The first-order valence-corrected chi connectivity index (χ1v) is 7.47. The largest absolute Gasteiger partial charge is 0.361 e. The summed E-state index contributed by atoms with van der Waals surface area (Å²) in [6.45, 7) is 2.59. The standard InChI is InChI=1S/C15H14ClNOS/c1-10-8-11-4-2-3-5-12(11)17(10)9-13(18)14-6-7-15(16)19-14/h2-7,10H,8-9H2,1H3. The molecule has 0 spiro atoms. The maximum absolute atomic E-state index is 12.3. The molecule has 1 aromatic heterocycles. The van der Waals surface area contributed by atoms with Gasteiger partial charge in [-0.05, 0) is 37.1 Å². The van der Waals surface area contributed by atoms with E-state index in [0.29, 0.717) is 16.9 Å². The predicted molar refractivity (Wildman–Crippen MR) is 80.6 cm³/mol. The van der Waals surface area contributed by atoms with Gasteiger partial charge in [0.25, 0.3) is 0 Å². The van der Waals surface area contributed by atoms with Crippen LogP contribution in [0.1, 0.15) is 22.2 Å². The van der Waals surface area contributed by atoms with Crippen LogP contribution in [0.4, 0.5) is 5.69 Å². The van der Waals surface area contributed by atoms with Crippen LogP contribution in [0.25, 0.3) is 0 Å². The van der Waals surface area contributed by atoms with Crippen molar-refractivity contribution >= 4 is 34.4 Å². The first kappa shape index (κ1) is 12.7. The van der Waals surface area contributed by atoms with Gasteiger partial charge < -0.3 is 4.90 Å². The van der Waals surface area contributed by atoms with Crippen LogP contribution in [0.5, 0.6) is 0 Å². The summed E-state index contributed by atoms with van der Waals surface area (Å²) in [4.78, 5) is 15.2. The van der Waals surface area contributed by atoms with Crippen LogP contribution in [-0.2, 0) is 6.42 Å². The average molecular weight is 292 g/mol. The van der Waals surface area contributed by atoms with Gasteiger partial charge in [0.05, 0.1) is 15.8 Å². The van der Waals surface area contributed by atoms with E-state index in [2.05, 4.69) is 30.0 Å². The molecule has 1 atom stereocenters. The van der Waals surface area contributed by atoms with Crippen molar-refractivity contribution in [3.05, 3.63) is 51.2 Å². The smallest absolute Gasteiger partial charge is 0.192 e. The van der Waals surface area contributed by atoms with E-state index in [1.807, 2.05) is 12.1 Å². The van der Waals surface area contributed by atoms with Gasteiger partial charge in [-0.25, -0.2) is 0 Å². The van der Waals surface area contributed by atoms with E-state index in [1.54, 1.807) is 6.07 Å². The molecule has 0 fully saturated rings. The van der Waals surface area contributed by atoms with Crippen LogP contribution in [0.3, 0.4) is 0 Å². The number of carbonyl (C=O) groups excluding carboxylic acids is 1. The Kier molecular flexibility index (Phi) is 3.33. The summed E-state index contributed by atoms with van der Waals surface area (Å²) in [5.74, 6) is 0.139. The van der Waals surface area contributed by atoms with E-state index < -0.39 is 0 Å². The number of benzene rings is 1. The lowest BCUT2D eigenvalue weighted by atomic mass is 10.1. The molecule has 1 aliphatic rings. The molecule has 98 valence electrons. The number of fused-ring (bicyclic) bond motifs is 1. The molecule has 1 aliphatic heterocycles. The van der Waals surface area contributed by atoms with Gasteiger partial charge >= 0.3 is 0 Å². The Morgan fingerprint density at radius 3 is 2.89 bits per heavy atom.